The van der Waals surface area contributed by atoms with Crippen molar-refractivity contribution < 1.29 is 13.3 Å². The van der Waals surface area contributed by atoms with Crippen molar-refractivity contribution >= 4 is 10.0 Å². The normalized spacial score (nSPS) is 11.4. The quantitative estimate of drug-likeness (QED) is 0.734. The van der Waals surface area contributed by atoms with E-state index in [-0.39, 0.29) is 11.3 Å². The van der Waals surface area contributed by atoms with Crippen molar-refractivity contribution in [1.29, 1.82) is 5.26 Å². The summed E-state index contributed by atoms with van der Waals surface area (Å²) in [6, 6.07) is 8.12. The molecule has 1 aromatic rings. The Morgan fingerprint density at radius 3 is 2.38 bits per heavy atom. The molecule has 0 bridgehead atoms. The zero-order chi connectivity index (χ0) is 12.2. The molecule has 0 unspecified atom stereocenters. The average molecular weight is 240 g/mol. The number of benzene rings is 1. The van der Waals surface area contributed by atoms with Gasteiger partial charge in [0, 0.05) is 7.05 Å². The fourth-order valence-corrected chi connectivity index (χ4v) is 2.09. The second kappa shape index (κ2) is 5.07. The molecule has 86 valence electrons. The molecule has 0 saturated heterocycles. The van der Waals surface area contributed by atoms with E-state index in [1.165, 1.54) is 26.3 Å². The van der Waals surface area contributed by atoms with Crippen LogP contribution in [0, 0.1) is 11.3 Å². The number of hydrogen-bond acceptors (Lipinski definition) is 4. The molecular weight excluding hydrogens is 228 g/mol. The molecule has 0 aliphatic rings. The van der Waals surface area contributed by atoms with Crippen LogP contribution < -0.4 is 0 Å². The van der Waals surface area contributed by atoms with Crippen LogP contribution in [0.2, 0.25) is 0 Å². The van der Waals surface area contributed by atoms with E-state index in [0.717, 1.165) is 10.0 Å². The first-order valence-corrected chi connectivity index (χ1v) is 5.95. The van der Waals surface area contributed by atoms with Gasteiger partial charge in [-0.25, -0.2) is 8.42 Å². The summed E-state index contributed by atoms with van der Waals surface area (Å²) in [5.41, 5.74) is 0.779. The maximum atomic E-state index is 11.8. The highest BCUT2D eigenvalue weighted by molar-refractivity contribution is 7.89. The summed E-state index contributed by atoms with van der Waals surface area (Å²) >= 11 is 0. The first-order chi connectivity index (χ1) is 7.52. The SMILES string of the molecule is CON(C)S(=O)(=O)c1ccc(CC#N)cc1. The summed E-state index contributed by atoms with van der Waals surface area (Å²) in [6.07, 6.45) is 0.264. The van der Waals surface area contributed by atoms with E-state index in [1.807, 2.05) is 6.07 Å². The Labute approximate surface area is 94.9 Å². The topological polar surface area (TPSA) is 70.4 Å². The maximum absolute atomic E-state index is 11.8. The standard InChI is InChI=1S/C10H12N2O3S/c1-12(15-2)16(13,14)10-5-3-9(4-6-10)7-8-11/h3-6H,7H2,1-2H3. The van der Waals surface area contributed by atoms with E-state index < -0.39 is 10.0 Å². The highest BCUT2D eigenvalue weighted by Gasteiger charge is 2.20. The zero-order valence-corrected chi connectivity index (χ0v) is 9.86. The second-order valence-electron chi connectivity index (χ2n) is 3.08. The van der Waals surface area contributed by atoms with E-state index in [1.54, 1.807) is 12.1 Å². The average Bonchev–Trinajstić information content (AvgIpc) is 2.29. The van der Waals surface area contributed by atoms with Crippen LogP contribution >= 0.6 is 0 Å². The number of nitriles is 1. The zero-order valence-electron chi connectivity index (χ0n) is 9.04. The van der Waals surface area contributed by atoms with Gasteiger partial charge in [0.15, 0.2) is 0 Å². The number of rotatable bonds is 4. The first-order valence-electron chi connectivity index (χ1n) is 4.51. The fraction of sp³-hybridized carbons (Fsp3) is 0.300. The lowest BCUT2D eigenvalue weighted by molar-refractivity contribution is -0.0258. The molecule has 1 aromatic carbocycles. The van der Waals surface area contributed by atoms with Crippen LogP contribution in [-0.2, 0) is 21.3 Å². The van der Waals surface area contributed by atoms with E-state index in [4.69, 9.17) is 5.26 Å². The van der Waals surface area contributed by atoms with Crippen molar-refractivity contribution in [2.24, 2.45) is 0 Å². The van der Waals surface area contributed by atoms with Gasteiger partial charge >= 0.3 is 0 Å². The molecule has 0 radical (unpaired) electrons. The first kappa shape index (κ1) is 12.6. The molecule has 1 rings (SSSR count). The summed E-state index contributed by atoms with van der Waals surface area (Å²) in [4.78, 5) is 4.78. The van der Waals surface area contributed by atoms with E-state index in [9.17, 15) is 8.42 Å². The lowest BCUT2D eigenvalue weighted by atomic mass is 10.2. The van der Waals surface area contributed by atoms with Gasteiger partial charge in [-0.05, 0) is 17.7 Å². The molecule has 0 aliphatic carbocycles. The summed E-state index contributed by atoms with van der Waals surface area (Å²) in [6.45, 7) is 0. The van der Waals surface area contributed by atoms with Crippen LogP contribution in [0.25, 0.3) is 0 Å². The largest absolute Gasteiger partial charge is 0.288 e. The Balaban J connectivity index is 3.03. The number of hydrogen-bond donors (Lipinski definition) is 0. The third kappa shape index (κ3) is 2.58. The summed E-state index contributed by atoms with van der Waals surface area (Å²) in [5.74, 6) is 0. The molecule has 0 heterocycles. The van der Waals surface area contributed by atoms with Gasteiger partial charge in [-0.3, -0.25) is 4.84 Å². The number of nitrogens with zero attached hydrogens (tertiary/aromatic N) is 2. The molecule has 0 amide bonds. The Bertz CT molecular complexity index is 488. The maximum Gasteiger partial charge on any atom is 0.264 e. The molecule has 0 saturated carbocycles. The van der Waals surface area contributed by atoms with Crippen LogP contribution in [0.5, 0.6) is 0 Å². The van der Waals surface area contributed by atoms with Gasteiger partial charge in [-0.1, -0.05) is 16.6 Å². The van der Waals surface area contributed by atoms with Crippen LogP contribution in [0.3, 0.4) is 0 Å². The lowest BCUT2D eigenvalue weighted by Gasteiger charge is -2.13. The highest BCUT2D eigenvalue weighted by atomic mass is 32.2. The molecule has 0 spiro atoms. The van der Waals surface area contributed by atoms with Gasteiger partial charge in [-0.15, -0.1) is 0 Å². The van der Waals surface area contributed by atoms with Gasteiger partial charge < -0.3 is 0 Å². The molecule has 5 nitrogen and oxygen atoms in total. The third-order valence-corrected chi connectivity index (χ3v) is 3.79. The van der Waals surface area contributed by atoms with Crippen molar-refractivity contribution in [1.82, 2.24) is 4.47 Å². The lowest BCUT2D eigenvalue weighted by Crippen LogP contribution is -2.25. The third-order valence-electron chi connectivity index (χ3n) is 2.10. The Morgan fingerprint density at radius 2 is 1.94 bits per heavy atom. The molecule has 0 atom stereocenters. The molecule has 0 fully saturated rings. The molecule has 0 aromatic heterocycles. The monoisotopic (exact) mass is 240 g/mol. The van der Waals surface area contributed by atoms with Crippen molar-refractivity contribution in [2.45, 2.75) is 11.3 Å². The Morgan fingerprint density at radius 1 is 1.38 bits per heavy atom. The molecular formula is C10H12N2O3S. The van der Waals surface area contributed by atoms with Gasteiger partial charge in [0.2, 0.25) is 0 Å². The number of hydroxylamine groups is 1. The fourth-order valence-electron chi connectivity index (χ4n) is 1.12. The number of sulfonamides is 1. The van der Waals surface area contributed by atoms with Crippen LogP contribution in [-0.4, -0.2) is 27.0 Å². The Kier molecular flexibility index (Phi) is 4.01. The van der Waals surface area contributed by atoms with Gasteiger partial charge in [-0.2, -0.15) is 5.26 Å². The smallest absolute Gasteiger partial charge is 0.264 e. The summed E-state index contributed by atoms with van der Waals surface area (Å²) < 4.78 is 24.3. The minimum Gasteiger partial charge on any atom is -0.288 e. The van der Waals surface area contributed by atoms with Crippen molar-refractivity contribution in [2.75, 3.05) is 14.2 Å². The van der Waals surface area contributed by atoms with Crippen LogP contribution in [0.4, 0.5) is 0 Å². The summed E-state index contributed by atoms with van der Waals surface area (Å²) in [7, 11) is -0.995. The van der Waals surface area contributed by atoms with Crippen LogP contribution in [0.1, 0.15) is 5.56 Å². The predicted molar refractivity (Wildman–Crippen MR) is 57.7 cm³/mol. The second-order valence-corrected chi connectivity index (χ2v) is 5.01. The van der Waals surface area contributed by atoms with E-state index in [0.29, 0.717) is 0 Å². The van der Waals surface area contributed by atoms with Crippen LogP contribution in [0.15, 0.2) is 29.2 Å². The van der Waals surface area contributed by atoms with Crippen molar-refractivity contribution in [3.8, 4) is 6.07 Å². The highest BCUT2D eigenvalue weighted by Crippen LogP contribution is 2.15. The van der Waals surface area contributed by atoms with Gasteiger partial charge in [0.25, 0.3) is 10.0 Å². The molecule has 16 heavy (non-hydrogen) atoms. The molecule has 6 heteroatoms. The minimum absolute atomic E-state index is 0.138. The van der Waals surface area contributed by atoms with Crippen molar-refractivity contribution in [3.63, 3.8) is 0 Å². The van der Waals surface area contributed by atoms with E-state index in [2.05, 4.69) is 4.84 Å². The minimum atomic E-state index is -3.59. The Hall–Kier alpha value is -1.42. The predicted octanol–water partition coefficient (Wildman–Crippen LogP) is 0.935. The molecule has 0 aliphatic heterocycles. The van der Waals surface area contributed by atoms with Crippen molar-refractivity contribution in [3.05, 3.63) is 29.8 Å². The molecule has 0 N–H and O–H groups in total. The van der Waals surface area contributed by atoms with Gasteiger partial charge in [0.1, 0.15) is 0 Å². The van der Waals surface area contributed by atoms with E-state index >= 15 is 0 Å². The summed E-state index contributed by atoms with van der Waals surface area (Å²) in [5, 5.41) is 8.48. The van der Waals surface area contributed by atoms with Gasteiger partial charge in [0.05, 0.1) is 24.5 Å².